The molecule has 248 valence electrons. The number of ether oxygens (including phenoxy) is 1. The topological polar surface area (TPSA) is 150 Å². The molecule has 0 saturated heterocycles. The molecule has 0 aliphatic rings. The van der Waals surface area contributed by atoms with Crippen LogP contribution in [0.5, 0.6) is 0 Å². The Hall–Kier alpha value is -4.44. The molecule has 10 heteroatoms. The van der Waals surface area contributed by atoms with Gasteiger partial charge in [-0.2, -0.15) is 0 Å². The van der Waals surface area contributed by atoms with Crippen molar-refractivity contribution in [3.63, 3.8) is 0 Å². The number of nitrogens with zero attached hydrogens (tertiary/aromatic N) is 1. The number of aromatic nitrogens is 1. The van der Waals surface area contributed by atoms with E-state index in [1.807, 2.05) is 86.6 Å². The monoisotopic (exact) mass is 632 g/mol. The number of aliphatic hydroxyl groups is 1. The Morgan fingerprint density at radius 1 is 0.891 bits per heavy atom. The van der Waals surface area contributed by atoms with Gasteiger partial charge in [0.1, 0.15) is 6.04 Å². The highest BCUT2D eigenvalue weighted by atomic mass is 16.5. The fraction of sp³-hybridized carbons (Fsp3) is 0.444. The largest absolute Gasteiger partial charge is 0.465 e. The molecule has 3 rings (SSSR count). The van der Waals surface area contributed by atoms with Gasteiger partial charge in [0.2, 0.25) is 5.91 Å². The number of aliphatic hydroxyl groups excluding tert-OH is 1. The van der Waals surface area contributed by atoms with Crippen LogP contribution in [0.2, 0.25) is 0 Å². The van der Waals surface area contributed by atoms with Gasteiger partial charge in [0.15, 0.2) is 0 Å². The number of hydrogen-bond acceptors (Lipinski definition) is 6. The van der Waals surface area contributed by atoms with Crippen LogP contribution in [-0.4, -0.2) is 64.6 Å². The molecule has 3 amide bonds. The predicted octanol–water partition coefficient (Wildman–Crippen LogP) is 5.76. The van der Waals surface area contributed by atoms with Gasteiger partial charge < -0.3 is 30.9 Å². The summed E-state index contributed by atoms with van der Waals surface area (Å²) in [6.45, 7) is 9.98. The summed E-state index contributed by atoms with van der Waals surface area (Å²) in [5.74, 6) is -0.946. The summed E-state index contributed by atoms with van der Waals surface area (Å²) in [6.07, 6.45) is -0.475. The van der Waals surface area contributed by atoms with Crippen molar-refractivity contribution in [1.82, 2.24) is 20.9 Å². The van der Waals surface area contributed by atoms with E-state index in [1.54, 1.807) is 6.20 Å². The molecule has 0 bridgehead atoms. The number of carbonyl (C=O) groups excluding carboxylic acids is 2. The van der Waals surface area contributed by atoms with E-state index < -0.39 is 47.7 Å². The van der Waals surface area contributed by atoms with Crippen molar-refractivity contribution in [2.75, 3.05) is 7.11 Å². The molecule has 0 spiro atoms. The first-order valence-corrected chi connectivity index (χ1v) is 15.7. The van der Waals surface area contributed by atoms with Gasteiger partial charge in [0.05, 0.1) is 24.9 Å². The lowest BCUT2D eigenvalue weighted by molar-refractivity contribution is -0.125. The quantitative estimate of drug-likeness (QED) is 0.152. The molecule has 0 radical (unpaired) electrons. The van der Waals surface area contributed by atoms with E-state index in [0.29, 0.717) is 6.42 Å². The van der Waals surface area contributed by atoms with Gasteiger partial charge in [-0.15, -0.1) is 0 Å². The van der Waals surface area contributed by atoms with Crippen LogP contribution in [0.1, 0.15) is 64.5 Å². The Morgan fingerprint density at radius 2 is 1.54 bits per heavy atom. The zero-order chi connectivity index (χ0) is 33.9. The first-order chi connectivity index (χ1) is 21.8. The molecule has 0 aliphatic carbocycles. The summed E-state index contributed by atoms with van der Waals surface area (Å²) >= 11 is 0. The van der Waals surface area contributed by atoms with Crippen molar-refractivity contribution < 1.29 is 29.3 Å². The van der Waals surface area contributed by atoms with E-state index in [9.17, 15) is 24.6 Å². The van der Waals surface area contributed by atoms with Crippen molar-refractivity contribution in [2.24, 2.45) is 11.3 Å². The summed E-state index contributed by atoms with van der Waals surface area (Å²) in [5.41, 5.74) is 3.13. The van der Waals surface area contributed by atoms with Crippen molar-refractivity contribution in [1.29, 1.82) is 0 Å². The minimum Gasteiger partial charge on any atom is -0.465 e. The van der Waals surface area contributed by atoms with Crippen LogP contribution in [0.3, 0.4) is 0 Å². The van der Waals surface area contributed by atoms with Crippen molar-refractivity contribution >= 4 is 18.1 Å². The summed E-state index contributed by atoms with van der Waals surface area (Å²) in [5, 5.41) is 29.6. The van der Waals surface area contributed by atoms with Gasteiger partial charge in [-0.3, -0.25) is 9.78 Å². The molecule has 2 aromatic carbocycles. The highest BCUT2D eigenvalue weighted by Gasteiger charge is 2.39. The molecule has 1 unspecified atom stereocenters. The first kappa shape index (κ1) is 36.0. The van der Waals surface area contributed by atoms with E-state index in [0.717, 1.165) is 22.4 Å². The minimum absolute atomic E-state index is 0.0406. The number of nitrogens with one attached hydrogen (secondary N) is 3. The second-order valence-corrected chi connectivity index (χ2v) is 12.8. The average molecular weight is 633 g/mol. The molecule has 46 heavy (non-hydrogen) atoms. The number of benzene rings is 2. The molecule has 1 heterocycles. The van der Waals surface area contributed by atoms with Gasteiger partial charge in [0.25, 0.3) is 0 Å². The van der Waals surface area contributed by atoms with E-state index in [1.165, 1.54) is 7.11 Å². The van der Waals surface area contributed by atoms with Crippen molar-refractivity contribution in [3.05, 3.63) is 90.1 Å². The maximum absolute atomic E-state index is 13.9. The van der Waals surface area contributed by atoms with E-state index in [4.69, 9.17) is 4.74 Å². The first-order valence-electron chi connectivity index (χ1n) is 15.7. The van der Waals surface area contributed by atoms with Crippen LogP contribution in [-0.2, 0) is 16.0 Å². The number of carboxylic acid groups (broad SMARTS) is 1. The molecule has 1 aromatic heterocycles. The second-order valence-electron chi connectivity index (χ2n) is 12.8. The third-order valence-electron chi connectivity index (χ3n) is 8.41. The van der Waals surface area contributed by atoms with Crippen LogP contribution >= 0.6 is 0 Å². The molecular weight excluding hydrogens is 584 g/mol. The van der Waals surface area contributed by atoms with Crippen LogP contribution in [0, 0.1) is 11.3 Å². The number of pyridine rings is 1. The van der Waals surface area contributed by atoms with Gasteiger partial charge in [-0.25, -0.2) is 9.59 Å². The zero-order valence-electron chi connectivity index (χ0n) is 27.6. The Kier molecular flexibility index (Phi) is 13.1. The number of methoxy groups -OCH3 is 1. The van der Waals surface area contributed by atoms with E-state index >= 15 is 0 Å². The number of hydrogen-bond donors (Lipinski definition) is 5. The van der Waals surface area contributed by atoms with Gasteiger partial charge in [0, 0.05) is 23.7 Å². The van der Waals surface area contributed by atoms with Crippen LogP contribution in [0.15, 0.2) is 79.0 Å². The maximum Gasteiger partial charge on any atom is 0.407 e. The molecule has 0 saturated carbocycles. The normalized spacial score (nSPS) is 15.4. The fourth-order valence-corrected chi connectivity index (χ4v) is 5.90. The average Bonchev–Trinajstić information content (AvgIpc) is 3.03. The fourth-order valence-electron chi connectivity index (χ4n) is 5.90. The minimum atomic E-state index is -1.25. The van der Waals surface area contributed by atoms with Gasteiger partial charge >= 0.3 is 12.2 Å². The summed E-state index contributed by atoms with van der Waals surface area (Å²) in [6, 6.07) is 20.6. The van der Waals surface area contributed by atoms with Gasteiger partial charge in [-0.1, -0.05) is 102 Å². The molecule has 6 atom stereocenters. The highest BCUT2D eigenvalue weighted by Crippen LogP contribution is 2.40. The molecule has 5 N–H and O–H groups in total. The van der Waals surface area contributed by atoms with Crippen molar-refractivity contribution in [3.8, 4) is 11.3 Å². The summed E-state index contributed by atoms with van der Waals surface area (Å²) in [7, 11) is 1.24. The third kappa shape index (κ3) is 10.3. The lowest BCUT2D eigenvalue weighted by Gasteiger charge is -2.40. The summed E-state index contributed by atoms with van der Waals surface area (Å²) < 4.78 is 4.80. The molecule has 0 aliphatic heterocycles. The van der Waals surface area contributed by atoms with Crippen LogP contribution in [0.4, 0.5) is 9.59 Å². The van der Waals surface area contributed by atoms with Crippen LogP contribution in [0.25, 0.3) is 11.3 Å². The number of carbonyl (C=O) groups is 3. The Labute approximate surface area is 272 Å². The summed E-state index contributed by atoms with van der Waals surface area (Å²) in [4.78, 5) is 42.4. The molecule has 0 fully saturated rings. The number of rotatable bonds is 14. The van der Waals surface area contributed by atoms with E-state index in [2.05, 4.69) is 41.7 Å². The Bertz CT molecular complexity index is 1400. The molecule has 10 nitrogen and oxygen atoms in total. The Morgan fingerprint density at radius 3 is 2.09 bits per heavy atom. The number of amides is 3. The molecule has 3 aromatic rings. The Balaban J connectivity index is 2.04. The third-order valence-corrected chi connectivity index (χ3v) is 8.41. The standard InChI is InChI=1S/C36H48N4O6/c1-7-23(2)32(40-35(45)46-6)33(42)38-29(22-30(41)28(39-34(43)44)21-24-13-9-8-10-14-24)31(36(3,4)5)26-18-16-25(17-19-26)27-15-11-12-20-37-27/h8-20,23,28-32,39,41H,7,21-22H2,1-6H3,(H,38,42)(H,40,45)(H,43,44)/t23-,28-,29-,30+,31?,32-/m0/s1. The van der Waals surface area contributed by atoms with E-state index in [-0.39, 0.29) is 24.7 Å². The lowest BCUT2D eigenvalue weighted by atomic mass is 9.70. The molecular formula is C36H48N4O6. The SMILES string of the molecule is CC[C@H](C)[C@H](NC(=O)OC)C(=O)N[C@@H](C[C@@H](O)[C@H](Cc1ccccc1)NC(=O)O)C(c1ccc(-c2ccccn2)cc1)C(C)(C)C. The highest BCUT2D eigenvalue weighted by molar-refractivity contribution is 5.86. The second kappa shape index (κ2) is 16.7. The predicted molar refractivity (Wildman–Crippen MR) is 178 cm³/mol. The van der Waals surface area contributed by atoms with Crippen LogP contribution < -0.4 is 16.0 Å². The maximum atomic E-state index is 13.9. The smallest absolute Gasteiger partial charge is 0.407 e. The zero-order valence-corrected chi connectivity index (χ0v) is 27.6. The van der Waals surface area contributed by atoms with Crippen molar-refractivity contribution in [2.45, 2.75) is 84.0 Å². The van der Waals surface area contributed by atoms with Gasteiger partial charge in [-0.05, 0) is 47.4 Å². The number of alkyl carbamates (subject to hydrolysis) is 1. The lowest BCUT2D eigenvalue weighted by Crippen LogP contribution is -2.56.